The van der Waals surface area contributed by atoms with Gasteiger partial charge >= 0.3 is 0 Å². The minimum atomic E-state index is -0.0904. The van der Waals surface area contributed by atoms with Crippen LogP contribution in [0.15, 0.2) is 23.6 Å². The minimum absolute atomic E-state index is 0.0904. The lowest BCUT2D eigenvalue weighted by molar-refractivity contribution is 0.118. The third kappa shape index (κ3) is 2.99. The maximum absolute atomic E-state index is 9.38. The molecule has 0 aliphatic heterocycles. The molecule has 0 aromatic carbocycles. The van der Waals surface area contributed by atoms with Crippen LogP contribution in [-0.2, 0) is 0 Å². The summed E-state index contributed by atoms with van der Waals surface area (Å²) in [6.07, 6.45) is 9.20. The highest BCUT2D eigenvalue weighted by Crippen LogP contribution is 2.21. The fraction of sp³-hybridized carbons (Fsp3) is 0.667. The summed E-state index contributed by atoms with van der Waals surface area (Å²) in [5.74, 6) is 0.472. The molecular weight excluding hydrogens is 190 g/mol. The van der Waals surface area contributed by atoms with Crippen LogP contribution in [-0.4, -0.2) is 22.4 Å². The number of hydrogen-bond donors (Lipinski definition) is 3. The van der Waals surface area contributed by atoms with E-state index >= 15 is 0 Å². The van der Waals surface area contributed by atoms with E-state index in [9.17, 15) is 10.2 Å². The molecule has 2 rings (SSSR count). The van der Waals surface area contributed by atoms with Gasteiger partial charge in [0.15, 0.2) is 0 Å². The molecule has 2 aliphatic carbocycles. The lowest BCUT2D eigenvalue weighted by Crippen LogP contribution is -2.34. The van der Waals surface area contributed by atoms with Crippen molar-refractivity contribution in [3.63, 3.8) is 0 Å². The van der Waals surface area contributed by atoms with Crippen LogP contribution in [0.4, 0.5) is 0 Å². The molecule has 3 heteroatoms. The van der Waals surface area contributed by atoms with Crippen LogP contribution in [0, 0.1) is 0 Å². The smallest absolute Gasteiger partial charge is 0.0925 e. The molecular formula is C12H19NO2. The summed E-state index contributed by atoms with van der Waals surface area (Å²) in [7, 11) is 0. The molecule has 0 radical (unpaired) electrons. The normalized spacial score (nSPS) is 31.8. The van der Waals surface area contributed by atoms with Crippen LogP contribution >= 0.6 is 0 Å². The first-order valence-electron chi connectivity index (χ1n) is 5.75. The fourth-order valence-electron chi connectivity index (χ4n) is 2.22. The molecule has 15 heavy (non-hydrogen) atoms. The Bertz CT molecular complexity index is 275. The van der Waals surface area contributed by atoms with Crippen LogP contribution in [0.3, 0.4) is 0 Å². The first-order chi connectivity index (χ1) is 7.24. The predicted octanol–water partition coefficient (Wildman–Crippen LogP) is 2.00. The maximum atomic E-state index is 9.38. The van der Waals surface area contributed by atoms with Gasteiger partial charge in [-0.15, -0.1) is 0 Å². The molecule has 1 saturated carbocycles. The molecule has 0 unspecified atom stereocenters. The van der Waals surface area contributed by atoms with Crippen molar-refractivity contribution < 1.29 is 10.2 Å². The Morgan fingerprint density at radius 2 is 1.80 bits per heavy atom. The molecule has 84 valence electrons. The lowest BCUT2D eigenvalue weighted by atomic mass is 9.92. The molecule has 0 aromatic rings. The number of nitrogens with one attached hydrogen (secondary N) is 1. The van der Waals surface area contributed by atoms with Crippen molar-refractivity contribution in [2.75, 3.05) is 0 Å². The Kier molecular flexibility index (Phi) is 3.31. The molecule has 3 N–H and O–H groups in total. The van der Waals surface area contributed by atoms with Crippen molar-refractivity contribution in [3.05, 3.63) is 23.6 Å². The number of rotatable bonds is 2. The van der Waals surface area contributed by atoms with Crippen LogP contribution in [0.25, 0.3) is 0 Å². The molecule has 0 aromatic heterocycles. The quantitative estimate of drug-likeness (QED) is 0.652. The van der Waals surface area contributed by atoms with E-state index in [0.29, 0.717) is 18.2 Å². The number of allylic oxidation sites excluding steroid dienone is 2. The van der Waals surface area contributed by atoms with E-state index in [0.717, 1.165) is 32.1 Å². The molecule has 3 nitrogen and oxygen atoms in total. The van der Waals surface area contributed by atoms with Crippen molar-refractivity contribution in [2.45, 2.75) is 50.7 Å². The van der Waals surface area contributed by atoms with Crippen LogP contribution < -0.4 is 5.32 Å². The zero-order valence-corrected chi connectivity index (χ0v) is 8.95. The number of aliphatic hydroxyl groups excluding tert-OH is 2. The van der Waals surface area contributed by atoms with E-state index in [2.05, 4.69) is 11.4 Å². The Balaban J connectivity index is 1.78. The van der Waals surface area contributed by atoms with Gasteiger partial charge in [0.25, 0.3) is 0 Å². The zero-order chi connectivity index (χ0) is 10.7. The monoisotopic (exact) mass is 209 g/mol. The highest BCUT2D eigenvalue weighted by atomic mass is 16.3. The molecule has 0 bridgehead atoms. The Morgan fingerprint density at radius 3 is 2.40 bits per heavy atom. The van der Waals surface area contributed by atoms with Gasteiger partial charge in [-0.3, -0.25) is 0 Å². The molecule has 2 aliphatic rings. The topological polar surface area (TPSA) is 52.5 Å². The van der Waals surface area contributed by atoms with E-state index in [-0.39, 0.29) is 6.10 Å². The van der Waals surface area contributed by atoms with E-state index < -0.39 is 0 Å². The summed E-state index contributed by atoms with van der Waals surface area (Å²) in [4.78, 5) is 0. The first kappa shape index (κ1) is 10.6. The van der Waals surface area contributed by atoms with Crippen molar-refractivity contribution >= 4 is 0 Å². The zero-order valence-electron chi connectivity index (χ0n) is 8.95. The van der Waals surface area contributed by atoms with Crippen LogP contribution in [0.5, 0.6) is 0 Å². The second kappa shape index (κ2) is 4.71. The van der Waals surface area contributed by atoms with Gasteiger partial charge in [-0.05, 0) is 31.8 Å². The molecule has 0 atom stereocenters. The number of hydrogen-bond acceptors (Lipinski definition) is 3. The fourth-order valence-corrected chi connectivity index (χ4v) is 2.22. The highest BCUT2D eigenvalue weighted by molar-refractivity contribution is 5.17. The van der Waals surface area contributed by atoms with Crippen LogP contribution in [0.1, 0.15) is 38.5 Å². The van der Waals surface area contributed by atoms with Crippen LogP contribution in [0.2, 0.25) is 0 Å². The SMILES string of the molecule is OC1=CCC(NC2CCC(O)CC2)=CC1. The Hall–Kier alpha value is -0.960. The van der Waals surface area contributed by atoms with Gasteiger partial charge in [0.05, 0.1) is 11.9 Å². The van der Waals surface area contributed by atoms with Gasteiger partial charge in [0.1, 0.15) is 0 Å². The summed E-state index contributed by atoms with van der Waals surface area (Å²) in [5.41, 5.74) is 1.22. The average molecular weight is 209 g/mol. The summed E-state index contributed by atoms with van der Waals surface area (Å²) in [6, 6.07) is 0.508. The lowest BCUT2D eigenvalue weighted by Gasteiger charge is -2.28. The first-order valence-corrected chi connectivity index (χ1v) is 5.75. The third-order valence-corrected chi connectivity index (χ3v) is 3.20. The maximum Gasteiger partial charge on any atom is 0.0925 e. The van der Waals surface area contributed by atoms with Crippen molar-refractivity contribution in [1.82, 2.24) is 5.32 Å². The van der Waals surface area contributed by atoms with Gasteiger partial charge in [0.2, 0.25) is 0 Å². The van der Waals surface area contributed by atoms with Gasteiger partial charge in [-0.1, -0.05) is 6.08 Å². The average Bonchev–Trinajstić information content (AvgIpc) is 2.25. The Labute approximate surface area is 90.5 Å². The Morgan fingerprint density at radius 1 is 1.07 bits per heavy atom. The molecule has 1 fully saturated rings. The van der Waals surface area contributed by atoms with Gasteiger partial charge in [-0.25, -0.2) is 0 Å². The van der Waals surface area contributed by atoms with E-state index in [1.165, 1.54) is 5.70 Å². The van der Waals surface area contributed by atoms with E-state index in [4.69, 9.17) is 0 Å². The predicted molar refractivity (Wildman–Crippen MR) is 59.4 cm³/mol. The molecule has 0 amide bonds. The van der Waals surface area contributed by atoms with Crippen molar-refractivity contribution in [1.29, 1.82) is 0 Å². The summed E-state index contributed by atoms with van der Waals surface area (Å²) in [6.45, 7) is 0. The van der Waals surface area contributed by atoms with Crippen molar-refractivity contribution in [2.24, 2.45) is 0 Å². The second-order valence-electron chi connectivity index (χ2n) is 4.48. The van der Waals surface area contributed by atoms with Crippen molar-refractivity contribution in [3.8, 4) is 0 Å². The summed E-state index contributed by atoms with van der Waals surface area (Å²) in [5, 5.41) is 22.1. The van der Waals surface area contributed by atoms with E-state index in [1.807, 2.05) is 6.08 Å². The molecule has 0 spiro atoms. The minimum Gasteiger partial charge on any atom is -0.512 e. The number of aliphatic hydroxyl groups is 2. The standard InChI is InChI=1S/C12H19NO2/c14-11-5-1-9(2-6-11)13-10-3-7-12(15)8-4-10/h1,6,10,12-15H,2-5,7-8H2. The van der Waals surface area contributed by atoms with Gasteiger partial charge in [-0.2, -0.15) is 0 Å². The van der Waals surface area contributed by atoms with Gasteiger partial charge < -0.3 is 15.5 Å². The van der Waals surface area contributed by atoms with Gasteiger partial charge in [0, 0.05) is 24.6 Å². The summed E-state index contributed by atoms with van der Waals surface area (Å²) < 4.78 is 0. The molecule has 0 heterocycles. The largest absolute Gasteiger partial charge is 0.512 e. The second-order valence-corrected chi connectivity index (χ2v) is 4.48. The van der Waals surface area contributed by atoms with E-state index in [1.54, 1.807) is 0 Å². The third-order valence-electron chi connectivity index (χ3n) is 3.20. The highest BCUT2D eigenvalue weighted by Gasteiger charge is 2.19. The summed E-state index contributed by atoms with van der Waals surface area (Å²) >= 11 is 0. The molecule has 0 saturated heterocycles.